The van der Waals surface area contributed by atoms with E-state index in [1.54, 1.807) is 37.1 Å². The number of amides is 2. The normalized spacial score (nSPS) is 15.0. The molecule has 0 spiro atoms. The molecular formula is C24H27N5O3. The number of carbonyl (C=O) groups is 2. The first-order chi connectivity index (χ1) is 15.5. The van der Waals surface area contributed by atoms with Crippen molar-refractivity contribution in [1.82, 2.24) is 25.4 Å². The number of benzene rings is 1. The summed E-state index contributed by atoms with van der Waals surface area (Å²) >= 11 is 0. The lowest BCUT2D eigenvalue weighted by Crippen LogP contribution is -2.39. The summed E-state index contributed by atoms with van der Waals surface area (Å²) in [6, 6.07) is 11.2. The van der Waals surface area contributed by atoms with Crippen LogP contribution in [-0.2, 0) is 26.3 Å². The maximum Gasteiger partial charge on any atom is 0.269 e. The van der Waals surface area contributed by atoms with Crippen LogP contribution in [0.15, 0.2) is 42.6 Å². The van der Waals surface area contributed by atoms with Crippen LogP contribution >= 0.6 is 0 Å². The number of nitrogens with zero attached hydrogens (tertiary/aromatic N) is 3. The standard InChI is InChI=1S/C24H27N5O3/c1-4-17-13-22(29(3)28-17)24(31)27-18-7-5-15-6-8-19(12-16(15)11-18)32-20-9-10-26-21(14-20)23(30)25-2/h6,8-10,12-14,18H,4-5,7,11H2,1-3H3,(H,25,30)(H,27,31). The van der Waals surface area contributed by atoms with Gasteiger partial charge >= 0.3 is 0 Å². The van der Waals surface area contributed by atoms with Crippen molar-refractivity contribution in [2.24, 2.45) is 7.05 Å². The summed E-state index contributed by atoms with van der Waals surface area (Å²) in [6.45, 7) is 2.02. The second kappa shape index (κ2) is 9.21. The quantitative estimate of drug-likeness (QED) is 0.623. The molecule has 8 heteroatoms. The van der Waals surface area contributed by atoms with Crippen molar-refractivity contribution >= 4 is 11.8 Å². The summed E-state index contributed by atoms with van der Waals surface area (Å²) in [6.07, 6.45) is 4.85. The highest BCUT2D eigenvalue weighted by Gasteiger charge is 2.23. The minimum Gasteiger partial charge on any atom is -0.457 e. The summed E-state index contributed by atoms with van der Waals surface area (Å²) in [5, 5.41) is 10.1. The van der Waals surface area contributed by atoms with Crippen molar-refractivity contribution in [2.45, 2.75) is 38.6 Å². The van der Waals surface area contributed by atoms with Gasteiger partial charge in [-0.3, -0.25) is 19.3 Å². The minimum atomic E-state index is -0.265. The molecule has 2 amide bonds. The highest BCUT2D eigenvalue weighted by atomic mass is 16.5. The average Bonchev–Trinajstić information content (AvgIpc) is 3.19. The van der Waals surface area contributed by atoms with Crippen LogP contribution in [0.4, 0.5) is 0 Å². The van der Waals surface area contributed by atoms with Gasteiger partial charge in [-0.25, -0.2) is 0 Å². The number of aryl methyl sites for hydroxylation is 3. The van der Waals surface area contributed by atoms with Crippen LogP contribution in [-0.4, -0.2) is 39.7 Å². The van der Waals surface area contributed by atoms with Gasteiger partial charge < -0.3 is 15.4 Å². The Bertz CT molecular complexity index is 1150. The zero-order valence-corrected chi connectivity index (χ0v) is 18.5. The molecule has 166 valence electrons. The SMILES string of the molecule is CCc1cc(C(=O)NC2CCc3ccc(Oc4ccnc(C(=O)NC)c4)cc3C2)n(C)n1. The van der Waals surface area contributed by atoms with Crippen LogP contribution in [0.2, 0.25) is 0 Å². The molecule has 2 heterocycles. The highest BCUT2D eigenvalue weighted by Crippen LogP contribution is 2.29. The van der Waals surface area contributed by atoms with E-state index in [0.29, 0.717) is 22.9 Å². The van der Waals surface area contributed by atoms with Gasteiger partial charge in [-0.1, -0.05) is 13.0 Å². The zero-order chi connectivity index (χ0) is 22.7. The number of aromatic nitrogens is 3. The molecule has 2 aromatic heterocycles. The van der Waals surface area contributed by atoms with Gasteiger partial charge in [0.05, 0.1) is 5.69 Å². The summed E-state index contributed by atoms with van der Waals surface area (Å²) in [5.41, 5.74) is 4.20. The van der Waals surface area contributed by atoms with E-state index in [1.165, 1.54) is 5.56 Å². The predicted octanol–water partition coefficient (Wildman–Crippen LogP) is 2.82. The van der Waals surface area contributed by atoms with Crippen molar-refractivity contribution < 1.29 is 14.3 Å². The van der Waals surface area contributed by atoms with Crippen molar-refractivity contribution in [3.63, 3.8) is 0 Å². The number of nitrogens with one attached hydrogen (secondary N) is 2. The van der Waals surface area contributed by atoms with Gasteiger partial charge in [-0.2, -0.15) is 5.10 Å². The highest BCUT2D eigenvalue weighted by molar-refractivity contribution is 5.93. The van der Waals surface area contributed by atoms with E-state index in [1.807, 2.05) is 25.1 Å². The monoisotopic (exact) mass is 433 g/mol. The maximum atomic E-state index is 12.8. The zero-order valence-electron chi connectivity index (χ0n) is 18.5. The molecule has 0 fully saturated rings. The van der Waals surface area contributed by atoms with Crippen LogP contribution in [0.5, 0.6) is 11.5 Å². The molecular weight excluding hydrogens is 406 g/mol. The van der Waals surface area contributed by atoms with Gasteiger partial charge in [0.2, 0.25) is 0 Å². The fraction of sp³-hybridized carbons (Fsp3) is 0.333. The first-order valence-electron chi connectivity index (χ1n) is 10.8. The Hall–Kier alpha value is -3.68. The number of rotatable bonds is 6. The fourth-order valence-corrected chi connectivity index (χ4v) is 3.95. The molecule has 0 aliphatic heterocycles. The van der Waals surface area contributed by atoms with Gasteiger partial charge in [-0.15, -0.1) is 0 Å². The van der Waals surface area contributed by atoms with Gasteiger partial charge in [0.1, 0.15) is 22.9 Å². The summed E-state index contributed by atoms with van der Waals surface area (Å²) in [7, 11) is 3.36. The molecule has 0 saturated heterocycles. The molecule has 1 unspecified atom stereocenters. The third-order valence-corrected chi connectivity index (χ3v) is 5.69. The maximum absolute atomic E-state index is 12.8. The number of hydrogen-bond acceptors (Lipinski definition) is 5. The van der Waals surface area contributed by atoms with E-state index < -0.39 is 0 Å². The molecule has 1 aromatic carbocycles. The Kier molecular flexibility index (Phi) is 6.20. The summed E-state index contributed by atoms with van der Waals surface area (Å²) < 4.78 is 7.61. The third-order valence-electron chi connectivity index (χ3n) is 5.69. The second-order valence-corrected chi connectivity index (χ2v) is 7.90. The molecule has 2 N–H and O–H groups in total. The lowest BCUT2D eigenvalue weighted by molar-refractivity contribution is 0.0922. The minimum absolute atomic E-state index is 0.0472. The molecule has 1 aliphatic carbocycles. The van der Waals surface area contributed by atoms with E-state index in [2.05, 4.69) is 26.8 Å². The second-order valence-electron chi connectivity index (χ2n) is 7.90. The predicted molar refractivity (Wildman–Crippen MR) is 120 cm³/mol. The van der Waals surface area contributed by atoms with E-state index in [-0.39, 0.29) is 17.9 Å². The van der Waals surface area contributed by atoms with E-state index in [9.17, 15) is 9.59 Å². The summed E-state index contributed by atoms with van der Waals surface area (Å²) in [4.78, 5) is 28.6. The van der Waals surface area contributed by atoms with Crippen molar-refractivity contribution in [2.75, 3.05) is 7.05 Å². The fourth-order valence-electron chi connectivity index (χ4n) is 3.95. The smallest absolute Gasteiger partial charge is 0.269 e. The van der Waals surface area contributed by atoms with Gasteiger partial charge in [-0.05, 0) is 61.1 Å². The number of ether oxygens (including phenoxy) is 1. The third kappa shape index (κ3) is 4.64. The molecule has 1 aliphatic rings. The van der Waals surface area contributed by atoms with E-state index >= 15 is 0 Å². The Labute approximate surface area is 187 Å². The molecule has 4 rings (SSSR count). The van der Waals surface area contributed by atoms with Crippen LogP contribution in [0.1, 0.15) is 51.1 Å². The Morgan fingerprint density at radius 2 is 1.94 bits per heavy atom. The summed E-state index contributed by atoms with van der Waals surface area (Å²) in [5.74, 6) is 0.865. The first kappa shape index (κ1) is 21.5. The number of pyridine rings is 1. The molecule has 3 aromatic rings. The Morgan fingerprint density at radius 3 is 2.69 bits per heavy atom. The van der Waals surface area contributed by atoms with Crippen LogP contribution in [0.25, 0.3) is 0 Å². The van der Waals surface area contributed by atoms with Crippen molar-refractivity contribution in [3.8, 4) is 11.5 Å². The molecule has 32 heavy (non-hydrogen) atoms. The van der Waals surface area contributed by atoms with E-state index in [0.717, 1.165) is 36.9 Å². The van der Waals surface area contributed by atoms with Gasteiger partial charge in [0.15, 0.2) is 0 Å². The number of fused-ring (bicyclic) bond motifs is 1. The largest absolute Gasteiger partial charge is 0.457 e. The van der Waals surface area contributed by atoms with Crippen molar-refractivity contribution in [3.05, 3.63) is 70.8 Å². The van der Waals surface area contributed by atoms with Crippen LogP contribution in [0.3, 0.4) is 0 Å². The van der Waals surface area contributed by atoms with Crippen LogP contribution < -0.4 is 15.4 Å². The lowest BCUT2D eigenvalue weighted by atomic mass is 9.88. The topological polar surface area (TPSA) is 98.1 Å². The molecule has 8 nitrogen and oxygen atoms in total. The van der Waals surface area contributed by atoms with Crippen molar-refractivity contribution in [1.29, 1.82) is 0 Å². The molecule has 0 saturated carbocycles. The Morgan fingerprint density at radius 1 is 1.12 bits per heavy atom. The molecule has 1 atom stereocenters. The van der Waals surface area contributed by atoms with E-state index in [4.69, 9.17) is 4.74 Å². The van der Waals surface area contributed by atoms with Gasteiger partial charge in [0, 0.05) is 32.4 Å². The number of carbonyl (C=O) groups excluding carboxylic acids is 2. The average molecular weight is 434 g/mol. The first-order valence-corrected chi connectivity index (χ1v) is 10.8. The molecule has 0 radical (unpaired) electrons. The number of hydrogen-bond donors (Lipinski definition) is 2. The Balaban J connectivity index is 1.45. The van der Waals surface area contributed by atoms with Crippen LogP contribution in [0, 0.1) is 0 Å². The van der Waals surface area contributed by atoms with Gasteiger partial charge in [0.25, 0.3) is 11.8 Å². The lowest BCUT2D eigenvalue weighted by Gasteiger charge is -2.26. The molecule has 0 bridgehead atoms.